The van der Waals surface area contributed by atoms with Crippen molar-refractivity contribution in [2.24, 2.45) is 10.2 Å². The number of methoxy groups -OCH3 is 2. The zero-order valence-electron chi connectivity index (χ0n) is 13.9. The van der Waals surface area contributed by atoms with Crippen LogP contribution in [0.15, 0.2) is 46.6 Å². The molecule has 2 aromatic rings. The van der Waals surface area contributed by atoms with Crippen LogP contribution >= 0.6 is 0 Å². The van der Waals surface area contributed by atoms with E-state index >= 15 is 0 Å². The Morgan fingerprint density at radius 1 is 0.885 bits per heavy atom. The van der Waals surface area contributed by atoms with Gasteiger partial charge in [0.1, 0.15) is 0 Å². The van der Waals surface area contributed by atoms with Crippen LogP contribution in [-0.2, 0) is 0 Å². The molecular formula is C16H14N4O6. The molecule has 10 nitrogen and oxygen atoms in total. The van der Waals surface area contributed by atoms with Crippen molar-refractivity contribution in [1.82, 2.24) is 0 Å². The smallest absolute Gasteiger partial charge is 0.282 e. The predicted molar refractivity (Wildman–Crippen MR) is 94.5 cm³/mol. The van der Waals surface area contributed by atoms with Gasteiger partial charge in [0.05, 0.1) is 48.1 Å². The molecule has 0 N–H and O–H groups in total. The second kappa shape index (κ2) is 8.33. The molecule has 26 heavy (non-hydrogen) atoms. The molecule has 0 fully saturated rings. The molecular weight excluding hydrogens is 344 g/mol. The normalized spacial score (nSPS) is 11.0. The van der Waals surface area contributed by atoms with E-state index in [4.69, 9.17) is 9.47 Å². The first-order valence-electron chi connectivity index (χ1n) is 7.17. The topological polar surface area (TPSA) is 129 Å². The lowest BCUT2D eigenvalue weighted by molar-refractivity contribution is -0.385. The Kier molecular flexibility index (Phi) is 5.93. The second-order valence-electron chi connectivity index (χ2n) is 4.86. The average molecular weight is 358 g/mol. The quantitative estimate of drug-likeness (QED) is 0.425. The van der Waals surface area contributed by atoms with E-state index < -0.39 is 9.85 Å². The van der Waals surface area contributed by atoms with Crippen LogP contribution < -0.4 is 9.47 Å². The molecule has 0 spiro atoms. The van der Waals surface area contributed by atoms with Gasteiger partial charge in [0.25, 0.3) is 11.4 Å². The first kappa shape index (κ1) is 18.5. The summed E-state index contributed by atoms with van der Waals surface area (Å²) in [6.45, 7) is 0. The number of benzene rings is 2. The summed E-state index contributed by atoms with van der Waals surface area (Å²) in [6.07, 6.45) is 2.58. The van der Waals surface area contributed by atoms with E-state index in [9.17, 15) is 20.2 Å². The Bertz CT molecular complexity index is 877. The van der Waals surface area contributed by atoms with Gasteiger partial charge in [0, 0.05) is 12.1 Å². The van der Waals surface area contributed by atoms with Crippen LogP contribution in [0.1, 0.15) is 11.1 Å². The molecule has 0 saturated heterocycles. The summed E-state index contributed by atoms with van der Waals surface area (Å²) < 4.78 is 10.2. The molecule has 0 aromatic heterocycles. The van der Waals surface area contributed by atoms with Gasteiger partial charge in [-0.2, -0.15) is 10.2 Å². The molecule has 0 aliphatic carbocycles. The van der Waals surface area contributed by atoms with Gasteiger partial charge in [0.15, 0.2) is 11.5 Å². The summed E-state index contributed by atoms with van der Waals surface area (Å²) in [6, 6.07) is 8.35. The number of nitrogens with zero attached hydrogens (tertiary/aromatic N) is 4. The third-order valence-electron chi connectivity index (χ3n) is 3.30. The van der Waals surface area contributed by atoms with E-state index in [0.29, 0.717) is 11.3 Å². The lowest BCUT2D eigenvalue weighted by atomic mass is 10.1. The lowest BCUT2D eigenvalue weighted by Gasteiger charge is -2.08. The van der Waals surface area contributed by atoms with Crippen molar-refractivity contribution in [3.8, 4) is 11.5 Å². The molecule has 0 radical (unpaired) electrons. The van der Waals surface area contributed by atoms with Crippen molar-refractivity contribution < 1.29 is 19.3 Å². The first-order chi connectivity index (χ1) is 12.5. The van der Waals surface area contributed by atoms with Crippen molar-refractivity contribution in [2.75, 3.05) is 14.2 Å². The molecule has 10 heteroatoms. The van der Waals surface area contributed by atoms with E-state index in [1.54, 1.807) is 0 Å². The maximum atomic E-state index is 11.2. The summed E-state index contributed by atoms with van der Waals surface area (Å²) in [5.74, 6) is 0.546. The summed E-state index contributed by atoms with van der Waals surface area (Å²) in [5.41, 5.74) is 0.534. The van der Waals surface area contributed by atoms with Crippen LogP contribution in [0, 0.1) is 20.2 Å². The SMILES string of the molecule is COc1cc(/C=N\N=C/c2ccc([N+](=O)[O-])cc2)c([N+](=O)[O-])cc1OC. The van der Waals surface area contributed by atoms with Crippen LogP contribution in [0.5, 0.6) is 11.5 Å². The number of nitro benzene ring substituents is 2. The Morgan fingerprint density at radius 2 is 1.46 bits per heavy atom. The van der Waals surface area contributed by atoms with Crippen LogP contribution in [0.3, 0.4) is 0 Å². The number of hydrogen-bond donors (Lipinski definition) is 0. The van der Waals surface area contributed by atoms with Gasteiger partial charge < -0.3 is 9.47 Å². The summed E-state index contributed by atoms with van der Waals surface area (Å²) in [4.78, 5) is 20.7. The largest absolute Gasteiger partial charge is 0.493 e. The number of rotatable bonds is 7. The number of ether oxygens (including phenoxy) is 2. The highest BCUT2D eigenvalue weighted by Crippen LogP contribution is 2.33. The molecule has 2 rings (SSSR count). The molecule has 0 aliphatic heterocycles. The van der Waals surface area contributed by atoms with Gasteiger partial charge in [-0.15, -0.1) is 0 Å². The fraction of sp³-hybridized carbons (Fsp3) is 0.125. The molecule has 0 unspecified atom stereocenters. The highest BCUT2D eigenvalue weighted by molar-refractivity contribution is 5.88. The fourth-order valence-electron chi connectivity index (χ4n) is 2.02. The van der Waals surface area contributed by atoms with Gasteiger partial charge >= 0.3 is 0 Å². The Balaban J connectivity index is 2.23. The van der Waals surface area contributed by atoms with E-state index in [1.807, 2.05) is 0 Å². The number of hydrogen-bond acceptors (Lipinski definition) is 8. The van der Waals surface area contributed by atoms with Gasteiger partial charge in [-0.1, -0.05) is 0 Å². The molecule has 0 aliphatic rings. The van der Waals surface area contributed by atoms with Crippen LogP contribution in [-0.4, -0.2) is 36.5 Å². The zero-order valence-corrected chi connectivity index (χ0v) is 13.9. The predicted octanol–water partition coefficient (Wildman–Crippen LogP) is 2.97. The number of nitro groups is 2. The molecule has 0 saturated carbocycles. The third kappa shape index (κ3) is 4.38. The second-order valence-corrected chi connectivity index (χ2v) is 4.86. The standard InChI is InChI=1S/C16H14N4O6/c1-25-15-7-12(14(20(23)24)8-16(15)26-2)10-18-17-9-11-3-5-13(6-4-11)19(21)22/h3-10H,1-2H3/b17-9-,18-10-. The summed E-state index contributed by atoms with van der Waals surface area (Å²) in [5, 5.41) is 29.3. The van der Waals surface area contributed by atoms with Crippen molar-refractivity contribution in [3.05, 3.63) is 67.8 Å². The number of non-ortho nitro benzene ring substituents is 1. The minimum absolute atomic E-state index is 0.0356. The Labute approximate surface area is 147 Å². The van der Waals surface area contributed by atoms with E-state index in [-0.39, 0.29) is 22.7 Å². The maximum Gasteiger partial charge on any atom is 0.282 e. The summed E-state index contributed by atoms with van der Waals surface area (Å²) in [7, 11) is 2.79. The van der Waals surface area contributed by atoms with Crippen molar-refractivity contribution >= 4 is 23.8 Å². The molecule has 134 valence electrons. The fourth-order valence-corrected chi connectivity index (χ4v) is 2.02. The monoisotopic (exact) mass is 358 g/mol. The van der Waals surface area contributed by atoms with Crippen LogP contribution in [0.2, 0.25) is 0 Å². The molecule has 0 atom stereocenters. The van der Waals surface area contributed by atoms with E-state index in [1.165, 1.54) is 63.0 Å². The minimum Gasteiger partial charge on any atom is -0.493 e. The van der Waals surface area contributed by atoms with Gasteiger partial charge in [-0.25, -0.2) is 0 Å². The average Bonchev–Trinajstić information content (AvgIpc) is 2.64. The van der Waals surface area contributed by atoms with Crippen LogP contribution in [0.25, 0.3) is 0 Å². The first-order valence-corrected chi connectivity index (χ1v) is 7.17. The van der Waals surface area contributed by atoms with Crippen molar-refractivity contribution in [3.63, 3.8) is 0 Å². The Hall–Kier alpha value is -3.82. The van der Waals surface area contributed by atoms with Gasteiger partial charge in [-0.05, 0) is 23.8 Å². The highest BCUT2D eigenvalue weighted by Gasteiger charge is 2.18. The lowest BCUT2D eigenvalue weighted by Crippen LogP contribution is -1.98. The maximum absolute atomic E-state index is 11.2. The molecule has 2 aromatic carbocycles. The zero-order chi connectivity index (χ0) is 19.1. The van der Waals surface area contributed by atoms with Gasteiger partial charge in [-0.3, -0.25) is 20.2 Å². The molecule has 0 bridgehead atoms. The van der Waals surface area contributed by atoms with E-state index in [0.717, 1.165) is 0 Å². The molecule has 0 amide bonds. The third-order valence-corrected chi connectivity index (χ3v) is 3.30. The highest BCUT2D eigenvalue weighted by atomic mass is 16.6. The molecule has 0 heterocycles. The van der Waals surface area contributed by atoms with E-state index in [2.05, 4.69) is 10.2 Å². The van der Waals surface area contributed by atoms with Crippen LogP contribution in [0.4, 0.5) is 11.4 Å². The summed E-state index contributed by atoms with van der Waals surface area (Å²) >= 11 is 0. The van der Waals surface area contributed by atoms with Gasteiger partial charge in [0.2, 0.25) is 0 Å². The Morgan fingerprint density at radius 3 is 2.00 bits per heavy atom. The van der Waals surface area contributed by atoms with Crippen molar-refractivity contribution in [2.45, 2.75) is 0 Å². The van der Waals surface area contributed by atoms with Crippen molar-refractivity contribution in [1.29, 1.82) is 0 Å². The minimum atomic E-state index is -0.566.